The van der Waals surface area contributed by atoms with Gasteiger partial charge in [-0.3, -0.25) is 4.99 Å². The Kier molecular flexibility index (Phi) is 7.85. The number of hydrogen-bond donors (Lipinski definition) is 2. The van der Waals surface area contributed by atoms with Crippen LogP contribution in [0.5, 0.6) is 11.5 Å². The van der Waals surface area contributed by atoms with Gasteiger partial charge in [0.1, 0.15) is 11.5 Å². The molecule has 1 fully saturated rings. The number of aliphatic imine (C=N–C) groups is 1. The third-order valence-electron chi connectivity index (χ3n) is 4.63. The van der Waals surface area contributed by atoms with Crippen LogP contribution in [0, 0.1) is 5.92 Å². The Balaban J connectivity index is 1.78. The second-order valence-electron chi connectivity index (χ2n) is 6.58. The monoisotopic (exact) mass is 348 g/mol. The number of guanidine groups is 1. The Morgan fingerprint density at radius 3 is 2.80 bits per heavy atom. The summed E-state index contributed by atoms with van der Waals surface area (Å²) in [4.78, 5) is 6.83. The first-order valence-electron chi connectivity index (χ1n) is 9.04. The van der Waals surface area contributed by atoms with E-state index in [1.807, 2.05) is 18.2 Å². The maximum Gasteiger partial charge on any atom is 0.191 e. The molecule has 6 heteroatoms. The van der Waals surface area contributed by atoms with Gasteiger partial charge in [0, 0.05) is 44.9 Å². The van der Waals surface area contributed by atoms with E-state index in [1.165, 1.54) is 25.9 Å². The molecule has 1 unspecified atom stereocenters. The van der Waals surface area contributed by atoms with Gasteiger partial charge >= 0.3 is 0 Å². The van der Waals surface area contributed by atoms with Crippen molar-refractivity contribution >= 4 is 5.96 Å². The molecule has 1 aromatic rings. The molecule has 0 saturated carbocycles. The van der Waals surface area contributed by atoms with Crippen molar-refractivity contribution in [1.82, 2.24) is 15.5 Å². The quantitative estimate of drug-likeness (QED) is 0.584. The predicted molar refractivity (Wildman–Crippen MR) is 103 cm³/mol. The summed E-state index contributed by atoms with van der Waals surface area (Å²) >= 11 is 0. The number of likely N-dealkylation sites (tertiary alicyclic amines) is 1. The van der Waals surface area contributed by atoms with Crippen LogP contribution in [0.1, 0.15) is 25.3 Å². The van der Waals surface area contributed by atoms with Crippen molar-refractivity contribution in [2.24, 2.45) is 10.9 Å². The van der Waals surface area contributed by atoms with E-state index in [2.05, 4.69) is 27.4 Å². The van der Waals surface area contributed by atoms with Crippen LogP contribution in [0.25, 0.3) is 0 Å². The van der Waals surface area contributed by atoms with Gasteiger partial charge in [-0.15, -0.1) is 0 Å². The number of nitrogens with one attached hydrogen (secondary N) is 2. The Labute approximate surface area is 151 Å². The van der Waals surface area contributed by atoms with Gasteiger partial charge in [-0.25, -0.2) is 0 Å². The number of nitrogens with zero attached hydrogens (tertiary/aromatic N) is 2. The fourth-order valence-corrected chi connectivity index (χ4v) is 3.22. The molecule has 1 aromatic carbocycles. The summed E-state index contributed by atoms with van der Waals surface area (Å²) in [5.74, 6) is 3.22. The van der Waals surface area contributed by atoms with Crippen LogP contribution in [0.3, 0.4) is 0 Å². The van der Waals surface area contributed by atoms with Crippen molar-refractivity contribution < 1.29 is 9.47 Å². The highest BCUT2D eigenvalue weighted by molar-refractivity contribution is 5.79. The third-order valence-corrected chi connectivity index (χ3v) is 4.63. The zero-order valence-corrected chi connectivity index (χ0v) is 16.0. The van der Waals surface area contributed by atoms with Gasteiger partial charge in [0.05, 0.1) is 14.2 Å². The Morgan fingerprint density at radius 1 is 1.28 bits per heavy atom. The molecule has 0 spiro atoms. The van der Waals surface area contributed by atoms with Crippen molar-refractivity contribution in [2.75, 3.05) is 47.4 Å². The standard InChI is InChI=1S/C19H32N4O2/c1-15-6-5-10-23(14-15)11-9-21-19(20-2)22-13-16-7-8-17(24-3)12-18(16)25-4/h7-8,12,15H,5-6,9-11,13-14H2,1-4H3,(H2,20,21,22). The van der Waals surface area contributed by atoms with Crippen molar-refractivity contribution in [1.29, 1.82) is 0 Å². The van der Waals surface area contributed by atoms with Gasteiger partial charge in [0.15, 0.2) is 5.96 Å². The van der Waals surface area contributed by atoms with Crippen LogP contribution in [0.2, 0.25) is 0 Å². The minimum absolute atomic E-state index is 0.646. The third kappa shape index (κ3) is 6.12. The van der Waals surface area contributed by atoms with Crippen LogP contribution in [0.4, 0.5) is 0 Å². The number of benzene rings is 1. The van der Waals surface area contributed by atoms with Crippen molar-refractivity contribution in [2.45, 2.75) is 26.3 Å². The van der Waals surface area contributed by atoms with Crippen LogP contribution >= 0.6 is 0 Å². The van der Waals surface area contributed by atoms with E-state index in [-0.39, 0.29) is 0 Å². The van der Waals surface area contributed by atoms with Crippen molar-refractivity contribution in [3.63, 3.8) is 0 Å². The molecule has 1 aliphatic heterocycles. The smallest absolute Gasteiger partial charge is 0.191 e. The highest BCUT2D eigenvalue weighted by atomic mass is 16.5. The average molecular weight is 348 g/mol. The molecule has 1 saturated heterocycles. The van der Waals surface area contributed by atoms with E-state index in [0.29, 0.717) is 6.54 Å². The lowest BCUT2D eigenvalue weighted by atomic mass is 10.0. The second kappa shape index (κ2) is 10.1. The summed E-state index contributed by atoms with van der Waals surface area (Å²) in [5.41, 5.74) is 1.07. The maximum atomic E-state index is 5.44. The van der Waals surface area contributed by atoms with Crippen molar-refractivity contribution in [3.05, 3.63) is 23.8 Å². The average Bonchev–Trinajstić information content (AvgIpc) is 2.64. The summed E-state index contributed by atoms with van der Waals surface area (Å²) < 4.78 is 10.7. The highest BCUT2D eigenvalue weighted by Gasteiger charge is 2.15. The molecule has 25 heavy (non-hydrogen) atoms. The largest absolute Gasteiger partial charge is 0.497 e. The lowest BCUT2D eigenvalue weighted by molar-refractivity contribution is 0.187. The van der Waals surface area contributed by atoms with E-state index in [9.17, 15) is 0 Å². The molecule has 0 amide bonds. The molecule has 1 aliphatic rings. The Morgan fingerprint density at radius 2 is 2.12 bits per heavy atom. The molecule has 0 aliphatic carbocycles. The molecule has 2 N–H and O–H groups in total. The normalized spacial score (nSPS) is 18.7. The highest BCUT2D eigenvalue weighted by Crippen LogP contribution is 2.24. The molecule has 0 bridgehead atoms. The van der Waals surface area contributed by atoms with E-state index in [1.54, 1.807) is 21.3 Å². The topological polar surface area (TPSA) is 58.1 Å². The zero-order chi connectivity index (χ0) is 18.1. The van der Waals surface area contributed by atoms with E-state index in [0.717, 1.165) is 42.0 Å². The van der Waals surface area contributed by atoms with Crippen molar-refractivity contribution in [3.8, 4) is 11.5 Å². The predicted octanol–water partition coefficient (Wildman–Crippen LogP) is 2.10. The Hall–Kier alpha value is -1.95. The van der Waals surface area contributed by atoms with Crippen LogP contribution in [0.15, 0.2) is 23.2 Å². The van der Waals surface area contributed by atoms with Gasteiger partial charge in [0.25, 0.3) is 0 Å². The lowest BCUT2D eigenvalue weighted by Crippen LogP contribution is -2.43. The first kappa shape index (κ1) is 19.4. The van der Waals surface area contributed by atoms with E-state index >= 15 is 0 Å². The molecule has 140 valence electrons. The molecule has 0 aromatic heterocycles. The summed E-state index contributed by atoms with van der Waals surface area (Å²) in [6.07, 6.45) is 2.67. The minimum atomic E-state index is 0.646. The summed E-state index contributed by atoms with van der Waals surface area (Å²) in [5, 5.41) is 6.74. The van der Waals surface area contributed by atoms with Crippen LogP contribution < -0.4 is 20.1 Å². The summed E-state index contributed by atoms with van der Waals surface area (Å²) in [6, 6.07) is 5.84. The number of piperidine rings is 1. The van der Waals surface area contributed by atoms with Crippen LogP contribution in [-0.4, -0.2) is 58.3 Å². The lowest BCUT2D eigenvalue weighted by Gasteiger charge is -2.30. The van der Waals surface area contributed by atoms with Gasteiger partial charge < -0.3 is 25.0 Å². The number of ether oxygens (including phenoxy) is 2. The van der Waals surface area contributed by atoms with E-state index in [4.69, 9.17) is 9.47 Å². The zero-order valence-electron chi connectivity index (χ0n) is 16.0. The van der Waals surface area contributed by atoms with Gasteiger partial charge in [-0.1, -0.05) is 6.92 Å². The number of methoxy groups -OCH3 is 2. The molecule has 0 radical (unpaired) electrons. The molecular weight excluding hydrogens is 316 g/mol. The van der Waals surface area contributed by atoms with Crippen LogP contribution in [-0.2, 0) is 6.54 Å². The molecular formula is C19H32N4O2. The molecule has 1 heterocycles. The Bertz CT molecular complexity index is 562. The molecule has 1 atom stereocenters. The SMILES string of the molecule is CN=C(NCCN1CCCC(C)C1)NCc1ccc(OC)cc1OC. The molecule has 2 rings (SSSR count). The maximum absolute atomic E-state index is 5.44. The number of rotatable bonds is 7. The van der Waals surface area contributed by atoms with Gasteiger partial charge in [-0.2, -0.15) is 0 Å². The van der Waals surface area contributed by atoms with E-state index < -0.39 is 0 Å². The summed E-state index contributed by atoms with van der Waals surface area (Å²) in [6.45, 7) is 7.34. The first-order chi connectivity index (χ1) is 12.2. The fraction of sp³-hybridized carbons (Fsp3) is 0.632. The number of hydrogen-bond acceptors (Lipinski definition) is 4. The summed E-state index contributed by atoms with van der Waals surface area (Å²) in [7, 11) is 5.12. The van der Waals surface area contributed by atoms with Gasteiger partial charge in [0.2, 0.25) is 0 Å². The first-order valence-corrected chi connectivity index (χ1v) is 9.04. The van der Waals surface area contributed by atoms with Gasteiger partial charge in [-0.05, 0) is 37.4 Å². The second-order valence-corrected chi connectivity index (χ2v) is 6.58. The molecule has 6 nitrogen and oxygen atoms in total. The fourth-order valence-electron chi connectivity index (χ4n) is 3.22. The minimum Gasteiger partial charge on any atom is -0.497 e.